The van der Waals surface area contributed by atoms with Gasteiger partial charge in [0.25, 0.3) is 0 Å². The maximum absolute atomic E-state index is 16.2. The molecule has 0 radical (unpaired) electrons. The zero-order valence-electron chi connectivity index (χ0n) is 53.9. The van der Waals surface area contributed by atoms with Crippen molar-refractivity contribution in [2.45, 2.75) is 248 Å². The number of benzene rings is 2. The van der Waals surface area contributed by atoms with Crippen LogP contribution in [0.25, 0.3) is 0 Å². The van der Waals surface area contributed by atoms with Crippen molar-refractivity contribution in [2.24, 2.45) is 23.2 Å². The molecule has 2 aromatic carbocycles. The van der Waals surface area contributed by atoms with Gasteiger partial charge in [0.15, 0.2) is 26.2 Å². The normalized spacial score (nSPS) is 31.1. The molecule has 1 unspecified atom stereocenters. The summed E-state index contributed by atoms with van der Waals surface area (Å²) in [5.41, 5.74) is 2.61. The summed E-state index contributed by atoms with van der Waals surface area (Å²) in [6.45, 7) is 35.6. The van der Waals surface area contributed by atoms with Crippen molar-refractivity contribution in [2.75, 3.05) is 40.5 Å². The molecule has 85 heavy (non-hydrogen) atoms. The van der Waals surface area contributed by atoms with Gasteiger partial charge in [-0.05, 0) is 118 Å². The highest BCUT2D eigenvalue weighted by atomic mass is 28.4. The number of ketones is 1. The smallest absolute Gasteiger partial charge is 0.199 e. The minimum absolute atomic E-state index is 0.0490. The molecule has 15 heteroatoms. The number of aliphatic hydroxyl groups excluding tert-OH is 1. The second-order valence-corrected chi connectivity index (χ2v) is 37.4. The van der Waals surface area contributed by atoms with E-state index in [0.717, 1.165) is 78.6 Å². The van der Waals surface area contributed by atoms with Crippen LogP contribution >= 0.6 is 0 Å². The zero-order chi connectivity index (χ0) is 61.3. The van der Waals surface area contributed by atoms with Gasteiger partial charge in [-0.2, -0.15) is 0 Å². The SMILES string of the molecule is C=CC(O)C[C@H]1CCC[C@@]2(CC[C@@]3(O[C@H](CC(=C)CCCC(=O)[C@@]4(C[C@H](C)[C@@H](C)COCc5ccccc5)CCC(COCOC)=C[C@@H]4[C@@H]4O[C@H](c5ccccc5)O[C@H](C=C)[C@H]4OCOCC[Si](C)(C)C)CC[C@@]3(C)O[Si](CC)(CC)CC)O2)O1. The van der Waals surface area contributed by atoms with E-state index in [0.29, 0.717) is 90.6 Å². The molecule has 476 valence electrons. The average molecular weight is 1220 g/mol. The van der Waals surface area contributed by atoms with Gasteiger partial charge in [-0.25, -0.2) is 0 Å². The number of Topliss-reactive ketones (excluding diaryl/α,β-unsaturated/α-hetero) is 1. The fraction of sp³-hybridized carbons (Fsp3) is 0.700. The molecule has 4 fully saturated rings. The van der Waals surface area contributed by atoms with Crippen LogP contribution in [0.5, 0.6) is 0 Å². The summed E-state index contributed by atoms with van der Waals surface area (Å²) in [5, 5.41) is 10.6. The standard InChI is InChI=1S/C70H110O13Si2/c1-14-58(71)45-59-32-26-36-69(80-59)39-40-70(82-69)67(9,83-85(16-3,17-4)18-5)37-35-60(81-70)43-52(6)27-25-33-63(72)68(46-53(7)54(8)47-75-48-55-28-21-19-22-29-55)38-34-56(49-76-50-73-10)44-61(68)64-65(77-51-74-41-42-84(11,12)13)62(15-2)78-66(79-64)57-30-23-20-24-31-57/h14-15,19-24,28-31,44,53-54,58-62,64-66,71H,1-2,6,16-18,25-27,32-43,45-51H2,3-5,7-13H3/t53-,54-,58?,59+,60-,61+,62+,64-,65+,66+,67+,68+,69+,70+/m0/s1. The first-order chi connectivity index (χ1) is 40.7. The number of aliphatic hydroxyl groups is 1. The Bertz CT molecular complexity index is 2410. The van der Waals surface area contributed by atoms with E-state index in [1.54, 1.807) is 13.2 Å². The molecule has 2 aromatic rings. The monoisotopic (exact) mass is 1210 g/mol. The summed E-state index contributed by atoms with van der Waals surface area (Å²) >= 11 is 0. The van der Waals surface area contributed by atoms with Crippen molar-refractivity contribution in [1.82, 2.24) is 0 Å². The van der Waals surface area contributed by atoms with Gasteiger partial charge >= 0.3 is 0 Å². The molecule has 4 heterocycles. The minimum atomic E-state index is -2.13. The summed E-state index contributed by atoms with van der Waals surface area (Å²) in [5.74, 6) is -1.83. The zero-order valence-corrected chi connectivity index (χ0v) is 55.9. The number of carbonyl (C=O) groups excluding carboxylic acids is 1. The molecule has 0 aromatic heterocycles. The fourth-order valence-electron chi connectivity index (χ4n) is 14.0. The number of hydrogen-bond acceptors (Lipinski definition) is 13. The Morgan fingerprint density at radius 2 is 1.56 bits per heavy atom. The molecule has 2 spiro atoms. The van der Waals surface area contributed by atoms with Gasteiger partial charge in [-0.1, -0.05) is 145 Å². The van der Waals surface area contributed by atoms with Gasteiger partial charge in [0.2, 0.25) is 0 Å². The van der Waals surface area contributed by atoms with Crippen LogP contribution in [0.1, 0.15) is 155 Å². The van der Waals surface area contributed by atoms with Crippen LogP contribution in [0.15, 0.2) is 110 Å². The highest BCUT2D eigenvalue weighted by molar-refractivity contribution is 6.76. The van der Waals surface area contributed by atoms with Crippen molar-refractivity contribution in [1.29, 1.82) is 0 Å². The largest absolute Gasteiger partial charge is 0.406 e. The molecule has 7 rings (SSSR count). The molecule has 5 aliphatic rings. The van der Waals surface area contributed by atoms with Crippen LogP contribution in [0.3, 0.4) is 0 Å². The average Bonchev–Trinajstić information content (AvgIpc) is 3.09. The predicted molar refractivity (Wildman–Crippen MR) is 342 cm³/mol. The topological polar surface area (TPSA) is 139 Å². The lowest BCUT2D eigenvalue weighted by atomic mass is 9.57. The molecule has 0 amide bonds. The molecule has 1 aliphatic carbocycles. The molecular formula is C70H110O13Si2. The number of methoxy groups -OCH3 is 1. The maximum atomic E-state index is 16.2. The van der Waals surface area contributed by atoms with E-state index in [-0.39, 0.29) is 43.4 Å². The third-order valence-corrected chi connectivity index (χ3v) is 26.2. The van der Waals surface area contributed by atoms with Gasteiger partial charge in [0.1, 0.15) is 37.2 Å². The highest BCUT2D eigenvalue weighted by Crippen LogP contribution is 2.57. The van der Waals surface area contributed by atoms with Crippen molar-refractivity contribution in [3.05, 3.63) is 121 Å². The van der Waals surface area contributed by atoms with Gasteiger partial charge in [-0.15, -0.1) is 13.2 Å². The maximum Gasteiger partial charge on any atom is 0.199 e. The lowest BCUT2D eigenvalue weighted by Gasteiger charge is -2.55. The van der Waals surface area contributed by atoms with E-state index in [4.69, 9.17) is 58.4 Å². The Hall–Kier alpha value is -2.98. The van der Waals surface area contributed by atoms with E-state index in [1.807, 2.05) is 54.6 Å². The van der Waals surface area contributed by atoms with Crippen molar-refractivity contribution in [3.63, 3.8) is 0 Å². The summed E-state index contributed by atoms with van der Waals surface area (Å²) in [6.07, 6.45) is 12.3. The van der Waals surface area contributed by atoms with E-state index < -0.39 is 75.6 Å². The van der Waals surface area contributed by atoms with Gasteiger partial charge in [0.05, 0.1) is 37.6 Å². The molecule has 4 saturated heterocycles. The summed E-state index contributed by atoms with van der Waals surface area (Å²) in [7, 11) is -1.88. The molecule has 13 nitrogen and oxygen atoms in total. The van der Waals surface area contributed by atoms with Crippen LogP contribution in [0.4, 0.5) is 0 Å². The number of carbonyl (C=O) groups is 1. The quantitative estimate of drug-likeness (QED) is 0.0303. The fourth-order valence-corrected chi connectivity index (χ4v) is 17.9. The van der Waals surface area contributed by atoms with E-state index >= 15 is 4.79 Å². The summed E-state index contributed by atoms with van der Waals surface area (Å²) in [4.78, 5) is 16.2. The first-order valence-corrected chi connectivity index (χ1v) is 38.8. The molecular weight excluding hydrogens is 1100 g/mol. The second kappa shape index (κ2) is 32.2. The number of ether oxygens (including phenoxy) is 10. The molecule has 0 bridgehead atoms. The van der Waals surface area contributed by atoms with Gasteiger partial charge < -0.3 is 56.9 Å². The third-order valence-electron chi connectivity index (χ3n) is 19.7. The van der Waals surface area contributed by atoms with Crippen molar-refractivity contribution >= 4 is 22.2 Å². The van der Waals surface area contributed by atoms with Crippen LogP contribution in [-0.4, -0.2) is 122 Å². The Balaban J connectivity index is 1.16. The van der Waals surface area contributed by atoms with Crippen LogP contribution < -0.4 is 0 Å². The van der Waals surface area contributed by atoms with Crippen LogP contribution in [-0.2, 0) is 63.2 Å². The van der Waals surface area contributed by atoms with E-state index in [9.17, 15) is 5.11 Å². The van der Waals surface area contributed by atoms with Crippen LogP contribution in [0.2, 0.25) is 43.8 Å². The second-order valence-electron chi connectivity index (χ2n) is 27.1. The molecule has 0 saturated carbocycles. The van der Waals surface area contributed by atoms with Crippen LogP contribution in [0, 0.1) is 23.2 Å². The first kappa shape index (κ1) is 69.5. The van der Waals surface area contributed by atoms with E-state index in [1.165, 1.54) is 0 Å². The summed E-state index contributed by atoms with van der Waals surface area (Å²) in [6, 6.07) is 24.3. The van der Waals surface area contributed by atoms with Gasteiger partial charge in [-0.3, -0.25) is 4.79 Å². The third kappa shape index (κ3) is 18.4. The summed E-state index contributed by atoms with van der Waals surface area (Å²) < 4.78 is 74.1. The Morgan fingerprint density at radius 3 is 2.25 bits per heavy atom. The predicted octanol–water partition coefficient (Wildman–Crippen LogP) is 15.5. The van der Waals surface area contributed by atoms with Crippen molar-refractivity contribution in [3.8, 4) is 0 Å². The lowest BCUT2D eigenvalue weighted by Crippen LogP contribution is -2.65. The number of hydrogen-bond donors (Lipinski definition) is 1. The number of rotatable bonds is 35. The first-order valence-electron chi connectivity index (χ1n) is 32.5. The molecule has 14 atom stereocenters. The van der Waals surface area contributed by atoms with Crippen molar-refractivity contribution < 1.29 is 61.7 Å². The Morgan fingerprint density at radius 1 is 0.835 bits per heavy atom. The molecule has 4 aliphatic heterocycles. The van der Waals surface area contributed by atoms with Gasteiger partial charge in [0, 0.05) is 77.4 Å². The highest BCUT2D eigenvalue weighted by Gasteiger charge is 2.65. The minimum Gasteiger partial charge on any atom is -0.406 e. The lowest BCUT2D eigenvalue weighted by molar-refractivity contribution is -0.398. The van der Waals surface area contributed by atoms with E-state index in [2.05, 4.69) is 92.6 Å². The Kier molecular flexibility index (Phi) is 26.3. The Labute approximate surface area is 514 Å². The molecule has 1 N–H and O–H groups in total.